The summed E-state index contributed by atoms with van der Waals surface area (Å²) in [6.45, 7) is -1.11. The predicted octanol–water partition coefficient (Wildman–Crippen LogP) is 0.524. The fraction of sp³-hybridized carbons (Fsp3) is 0.182. The number of aliphatic carboxylic acids is 2. The van der Waals surface area contributed by atoms with Gasteiger partial charge in [0.05, 0.1) is 11.3 Å². The van der Waals surface area contributed by atoms with E-state index in [-0.39, 0.29) is 11.3 Å². The maximum Gasteiger partial charge on any atom is 0.323 e. The number of nitrogens with zero attached hydrogens (tertiary/aromatic N) is 1. The Hall–Kier alpha value is -2.09. The van der Waals surface area contributed by atoms with Gasteiger partial charge in [-0.3, -0.25) is 14.4 Å². The molecule has 1 rings (SSSR count). The van der Waals surface area contributed by atoms with Crippen LogP contribution in [0.4, 0.5) is 5.69 Å². The first-order valence-electron chi connectivity index (χ1n) is 5.09. The van der Waals surface area contributed by atoms with Crippen molar-refractivity contribution in [3.8, 4) is 0 Å². The molecule has 0 spiro atoms. The summed E-state index contributed by atoms with van der Waals surface area (Å²) in [7, 11) is 0. The summed E-state index contributed by atoms with van der Waals surface area (Å²) in [6, 6.07) is 4.56. The van der Waals surface area contributed by atoms with Crippen molar-refractivity contribution >= 4 is 39.5 Å². The Balaban J connectivity index is 3.28. The number of anilines is 1. The summed E-state index contributed by atoms with van der Waals surface area (Å²) in [6.07, 6.45) is 0. The number of benzene rings is 1. The van der Waals surface area contributed by atoms with Gasteiger partial charge in [0, 0.05) is 4.47 Å². The van der Waals surface area contributed by atoms with E-state index < -0.39 is 30.9 Å². The minimum Gasteiger partial charge on any atom is -0.480 e. The van der Waals surface area contributed by atoms with Gasteiger partial charge in [-0.15, -0.1) is 0 Å². The maximum absolute atomic E-state index is 11.4. The number of rotatable bonds is 6. The fourth-order valence-electron chi connectivity index (χ4n) is 1.57. The van der Waals surface area contributed by atoms with Crippen molar-refractivity contribution in [1.82, 2.24) is 0 Å². The molecule has 0 atom stereocenters. The van der Waals surface area contributed by atoms with Crippen molar-refractivity contribution in [3.05, 3.63) is 28.2 Å². The first-order chi connectivity index (χ1) is 8.82. The highest BCUT2D eigenvalue weighted by atomic mass is 79.9. The van der Waals surface area contributed by atoms with E-state index in [9.17, 15) is 14.4 Å². The molecule has 0 aliphatic heterocycles. The number of carbonyl (C=O) groups excluding carboxylic acids is 1. The zero-order valence-electron chi connectivity index (χ0n) is 9.67. The number of primary amides is 1. The zero-order valence-corrected chi connectivity index (χ0v) is 11.3. The van der Waals surface area contributed by atoms with E-state index >= 15 is 0 Å². The molecular formula is C11H11BrN2O5. The second-order valence-electron chi connectivity index (χ2n) is 3.64. The van der Waals surface area contributed by atoms with Gasteiger partial charge in [0.25, 0.3) is 5.91 Å². The molecule has 4 N–H and O–H groups in total. The highest BCUT2D eigenvalue weighted by molar-refractivity contribution is 9.10. The van der Waals surface area contributed by atoms with Crippen LogP contribution in [0.25, 0.3) is 0 Å². The van der Waals surface area contributed by atoms with Gasteiger partial charge in [0.1, 0.15) is 13.1 Å². The van der Waals surface area contributed by atoms with Crippen molar-refractivity contribution in [2.24, 2.45) is 5.73 Å². The Morgan fingerprint density at radius 1 is 1.16 bits per heavy atom. The lowest BCUT2D eigenvalue weighted by Crippen LogP contribution is -2.36. The van der Waals surface area contributed by atoms with Crippen LogP contribution in [0.3, 0.4) is 0 Å². The number of nitrogens with two attached hydrogens (primary N) is 1. The van der Waals surface area contributed by atoms with Gasteiger partial charge < -0.3 is 20.8 Å². The lowest BCUT2D eigenvalue weighted by molar-refractivity contribution is -0.136. The van der Waals surface area contributed by atoms with Gasteiger partial charge in [-0.2, -0.15) is 0 Å². The molecule has 0 saturated heterocycles. The second-order valence-corrected chi connectivity index (χ2v) is 4.50. The molecular weight excluding hydrogens is 320 g/mol. The third-order valence-corrected chi connectivity index (χ3v) is 2.89. The average molecular weight is 331 g/mol. The minimum absolute atomic E-state index is 0.0463. The number of carboxylic acid groups (broad SMARTS) is 2. The standard InChI is InChI=1S/C11H11BrN2O5/c12-6-2-1-3-7(10(6)11(13)19)14(4-8(15)16)5-9(17)18/h1-3H,4-5H2,(H2,13,19)(H,15,16)(H,17,18). The second kappa shape index (κ2) is 6.19. The van der Waals surface area contributed by atoms with Gasteiger partial charge in [0.2, 0.25) is 0 Å². The van der Waals surface area contributed by atoms with Gasteiger partial charge in [-0.05, 0) is 28.1 Å². The van der Waals surface area contributed by atoms with E-state index in [1.54, 1.807) is 12.1 Å². The molecule has 7 nitrogen and oxygen atoms in total. The number of halogens is 1. The predicted molar refractivity (Wildman–Crippen MR) is 70.1 cm³/mol. The molecule has 0 heterocycles. The van der Waals surface area contributed by atoms with E-state index in [2.05, 4.69) is 15.9 Å². The highest BCUT2D eigenvalue weighted by Gasteiger charge is 2.21. The molecule has 0 aliphatic carbocycles. The molecule has 0 fully saturated rings. The molecule has 0 unspecified atom stereocenters. The van der Waals surface area contributed by atoms with E-state index in [0.717, 1.165) is 4.90 Å². The maximum atomic E-state index is 11.4. The SMILES string of the molecule is NC(=O)c1c(Br)cccc1N(CC(=O)O)CC(=O)O. The highest BCUT2D eigenvalue weighted by Crippen LogP contribution is 2.27. The lowest BCUT2D eigenvalue weighted by Gasteiger charge is -2.23. The first-order valence-corrected chi connectivity index (χ1v) is 5.89. The van der Waals surface area contributed by atoms with E-state index in [1.165, 1.54) is 6.07 Å². The Kier molecular flexibility index (Phi) is 4.87. The zero-order chi connectivity index (χ0) is 14.6. The number of carboxylic acids is 2. The fourth-order valence-corrected chi connectivity index (χ4v) is 2.12. The van der Waals surface area contributed by atoms with Crippen LogP contribution in [0.2, 0.25) is 0 Å². The molecule has 0 aliphatic rings. The van der Waals surface area contributed by atoms with Crippen LogP contribution in [0.5, 0.6) is 0 Å². The van der Waals surface area contributed by atoms with Crippen molar-refractivity contribution < 1.29 is 24.6 Å². The van der Waals surface area contributed by atoms with E-state index in [4.69, 9.17) is 15.9 Å². The quantitative estimate of drug-likeness (QED) is 0.699. The molecule has 1 aromatic rings. The third kappa shape index (κ3) is 3.95. The van der Waals surface area contributed by atoms with Crippen molar-refractivity contribution in [1.29, 1.82) is 0 Å². The van der Waals surface area contributed by atoms with Gasteiger partial charge in [-0.25, -0.2) is 0 Å². The topological polar surface area (TPSA) is 121 Å². The summed E-state index contributed by atoms with van der Waals surface area (Å²) in [5.74, 6) is -3.20. The third-order valence-electron chi connectivity index (χ3n) is 2.23. The molecule has 0 saturated carbocycles. The average Bonchev–Trinajstić information content (AvgIpc) is 2.25. The summed E-state index contributed by atoms with van der Waals surface area (Å²) in [4.78, 5) is 34.0. The molecule has 0 aromatic heterocycles. The minimum atomic E-state index is -1.21. The van der Waals surface area contributed by atoms with Gasteiger partial charge >= 0.3 is 11.9 Å². The smallest absolute Gasteiger partial charge is 0.323 e. The van der Waals surface area contributed by atoms with Crippen molar-refractivity contribution in [3.63, 3.8) is 0 Å². The molecule has 8 heteroatoms. The molecule has 1 aromatic carbocycles. The summed E-state index contributed by atoms with van der Waals surface area (Å²) >= 11 is 3.13. The number of carbonyl (C=O) groups is 3. The Labute approximate surface area is 116 Å². The monoisotopic (exact) mass is 330 g/mol. The van der Waals surface area contributed by atoms with Crippen LogP contribution in [0, 0.1) is 0 Å². The van der Waals surface area contributed by atoms with Crippen LogP contribution in [-0.2, 0) is 9.59 Å². The Morgan fingerprint density at radius 3 is 2.11 bits per heavy atom. The molecule has 19 heavy (non-hydrogen) atoms. The number of hydrogen-bond donors (Lipinski definition) is 3. The van der Waals surface area contributed by atoms with Crippen LogP contribution < -0.4 is 10.6 Å². The largest absolute Gasteiger partial charge is 0.480 e. The van der Waals surface area contributed by atoms with E-state index in [0.29, 0.717) is 4.47 Å². The molecule has 102 valence electrons. The van der Waals surface area contributed by atoms with Crippen LogP contribution in [0.1, 0.15) is 10.4 Å². The van der Waals surface area contributed by atoms with Crippen LogP contribution >= 0.6 is 15.9 Å². The lowest BCUT2D eigenvalue weighted by atomic mass is 10.1. The van der Waals surface area contributed by atoms with Crippen LogP contribution in [-0.4, -0.2) is 41.1 Å². The first kappa shape index (κ1) is 15.0. The summed E-state index contributed by atoms with van der Waals surface area (Å²) in [5, 5.41) is 17.6. The Bertz CT molecular complexity index is 516. The molecule has 1 amide bonds. The molecule has 0 radical (unpaired) electrons. The molecule has 0 bridgehead atoms. The number of hydrogen-bond acceptors (Lipinski definition) is 4. The Morgan fingerprint density at radius 2 is 1.68 bits per heavy atom. The van der Waals surface area contributed by atoms with Gasteiger partial charge in [-0.1, -0.05) is 6.07 Å². The van der Waals surface area contributed by atoms with E-state index in [1.807, 2.05) is 0 Å². The number of amides is 1. The normalized spacial score (nSPS) is 9.95. The van der Waals surface area contributed by atoms with Gasteiger partial charge in [0.15, 0.2) is 0 Å². The van der Waals surface area contributed by atoms with Crippen molar-refractivity contribution in [2.75, 3.05) is 18.0 Å². The van der Waals surface area contributed by atoms with Crippen LogP contribution in [0.15, 0.2) is 22.7 Å². The summed E-state index contributed by atoms with van der Waals surface area (Å²) in [5.41, 5.74) is 5.43. The summed E-state index contributed by atoms with van der Waals surface area (Å²) < 4.78 is 0.373. The van der Waals surface area contributed by atoms with Crippen molar-refractivity contribution in [2.45, 2.75) is 0 Å².